The summed E-state index contributed by atoms with van der Waals surface area (Å²) in [4.78, 5) is 2.56. The standard InChI is InChI=1S/C14H15BrClNS/c1-8-5-4-6-10(12(8)16)13(17-3)14-11(15)7-9(2)18-14/h4-7,13,17H,1-3H3. The highest BCUT2D eigenvalue weighted by Gasteiger charge is 2.20. The minimum absolute atomic E-state index is 0.130. The summed E-state index contributed by atoms with van der Waals surface area (Å²) >= 11 is 11.8. The number of aryl methyl sites for hydroxylation is 2. The Hall–Kier alpha value is -0.350. The van der Waals surface area contributed by atoms with Gasteiger partial charge >= 0.3 is 0 Å². The minimum Gasteiger partial charge on any atom is -0.309 e. The van der Waals surface area contributed by atoms with E-state index in [-0.39, 0.29) is 6.04 Å². The third kappa shape index (κ3) is 2.64. The van der Waals surface area contributed by atoms with Gasteiger partial charge < -0.3 is 5.32 Å². The molecule has 4 heteroatoms. The van der Waals surface area contributed by atoms with Crippen LogP contribution < -0.4 is 5.32 Å². The summed E-state index contributed by atoms with van der Waals surface area (Å²) in [5.41, 5.74) is 2.24. The first-order valence-corrected chi connectivity index (χ1v) is 7.71. The van der Waals surface area contributed by atoms with Crippen LogP contribution in [0.25, 0.3) is 0 Å². The Balaban J connectivity index is 2.52. The molecule has 96 valence electrons. The first-order valence-electron chi connectivity index (χ1n) is 5.72. The van der Waals surface area contributed by atoms with Crippen molar-refractivity contribution in [3.05, 3.63) is 54.6 Å². The second-order valence-electron chi connectivity index (χ2n) is 4.27. The average molecular weight is 345 g/mol. The van der Waals surface area contributed by atoms with Gasteiger partial charge in [0, 0.05) is 19.2 Å². The minimum atomic E-state index is 0.130. The molecular weight excluding hydrogens is 330 g/mol. The molecule has 1 heterocycles. The SMILES string of the molecule is CNC(c1cccc(C)c1Cl)c1sc(C)cc1Br. The van der Waals surface area contributed by atoms with E-state index in [1.54, 1.807) is 11.3 Å². The summed E-state index contributed by atoms with van der Waals surface area (Å²) in [7, 11) is 1.96. The number of nitrogens with one attached hydrogen (secondary N) is 1. The van der Waals surface area contributed by atoms with Crippen LogP contribution >= 0.6 is 38.9 Å². The molecule has 0 fully saturated rings. The van der Waals surface area contributed by atoms with Crippen LogP contribution in [0, 0.1) is 13.8 Å². The number of thiophene rings is 1. The van der Waals surface area contributed by atoms with Gasteiger partial charge in [-0.1, -0.05) is 29.8 Å². The van der Waals surface area contributed by atoms with Gasteiger partial charge in [-0.15, -0.1) is 11.3 Å². The van der Waals surface area contributed by atoms with Crippen molar-refractivity contribution in [2.75, 3.05) is 7.05 Å². The van der Waals surface area contributed by atoms with Crippen molar-refractivity contribution in [2.24, 2.45) is 0 Å². The Morgan fingerprint density at radius 1 is 1.33 bits per heavy atom. The molecule has 1 unspecified atom stereocenters. The predicted octanol–water partition coefficient (Wildman–Crippen LogP) is 5.09. The Labute approximate surface area is 125 Å². The van der Waals surface area contributed by atoms with Crippen molar-refractivity contribution in [3.63, 3.8) is 0 Å². The van der Waals surface area contributed by atoms with Crippen molar-refractivity contribution in [1.29, 1.82) is 0 Å². The molecule has 1 aromatic carbocycles. The van der Waals surface area contributed by atoms with Crippen LogP contribution in [-0.2, 0) is 0 Å². The van der Waals surface area contributed by atoms with Crippen LogP contribution in [0.3, 0.4) is 0 Å². The smallest absolute Gasteiger partial charge is 0.0694 e. The molecule has 0 spiro atoms. The van der Waals surface area contributed by atoms with Gasteiger partial charge in [0.05, 0.1) is 6.04 Å². The predicted molar refractivity (Wildman–Crippen MR) is 83.8 cm³/mol. The quantitative estimate of drug-likeness (QED) is 0.818. The highest BCUT2D eigenvalue weighted by atomic mass is 79.9. The molecule has 1 atom stereocenters. The summed E-state index contributed by atoms with van der Waals surface area (Å²) in [6.07, 6.45) is 0. The first kappa shape index (κ1) is 14.1. The molecule has 0 amide bonds. The monoisotopic (exact) mass is 343 g/mol. The molecule has 18 heavy (non-hydrogen) atoms. The van der Waals surface area contributed by atoms with Crippen molar-refractivity contribution in [3.8, 4) is 0 Å². The third-order valence-corrected chi connectivity index (χ3v) is 5.47. The zero-order valence-electron chi connectivity index (χ0n) is 10.6. The van der Waals surface area contributed by atoms with E-state index in [4.69, 9.17) is 11.6 Å². The van der Waals surface area contributed by atoms with Crippen LogP contribution in [-0.4, -0.2) is 7.05 Å². The largest absolute Gasteiger partial charge is 0.309 e. The second kappa shape index (κ2) is 5.74. The summed E-state index contributed by atoms with van der Waals surface area (Å²) in [5.74, 6) is 0. The summed E-state index contributed by atoms with van der Waals surface area (Å²) in [6, 6.07) is 8.44. The third-order valence-electron chi connectivity index (χ3n) is 2.92. The Bertz CT molecular complexity index is 565. The summed E-state index contributed by atoms with van der Waals surface area (Å²) in [5, 5.41) is 4.20. The Kier molecular flexibility index (Phi) is 4.49. The van der Waals surface area contributed by atoms with Gasteiger partial charge in [-0.25, -0.2) is 0 Å². The van der Waals surface area contributed by atoms with Crippen molar-refractivity contribution in [1.82, 2.24) is 5.32 Å². The van der Waals surface area contributed by atoms with Crippen LogP contribution in [0.15, 0.2) is 28.7 Å². The Morgan fingerprint density at radius 3 is 2.61 bits per heavy atom. The van der Waals surface area contributed by atoms with E-state index in [1.807, 2.05) is 20.0 Å². The van der Waals surface area contributed by atoms with Crippen LogP contribution in [0.2, 0.25) is 5.02 Å². The molecule has 1 N–H and O–H groups in total. The van der Waals surface area contributed by atoms with E-state index >= 15 is 0 Å². The topological polar surface area (TPSA) is 12.0 Å². The van der Waals surface area contributed by atoms with Crippen LogP contribution in [0.1, 0.15) is 26.9 Å². The highest BCUT2D eigenvalue weighted by Crippen LogP contribution is 2.38. The van der Waals surface area contributed by atoms with E-state index in [1.165, 1.54) is 9.75 Å². The van der Waals surface area contributed by atoms with Gasteiger partial charge in [-0.3, -0.25) is 0 Å². The van der Waals surface area contributed by atoms with Gasteiger partial charge in [0.15, 0.2) is 0 Å². The van der Waals surface area contributed by atoms with Gasteiger partial charge in [-0.05, 0) is 54.0 Å². The maximum Gasteiger partial charge on any atom is 0.0694 e. The van der Waals surface area contributed by atoms with Crippen molar-refractivity contribution < 1.29 is 0 Å². The maximum absolute atomic E-state index is 6.43. The average Bonchev–Trinajstić information content (AvgIpc) is 2.65. The fraction of sp³-hybridized carbons (Fsp3) is 0.286. The molecule has 1 nitrogen and oxygen atoms in total. The van der Waals surface area contributed by atoms with E-state index in [9.17, 15) is 0 Å². The molecule has 0 saturated heterocycles. The van der Waals surface area contributed by atoms with E-state index in [0.717, 1.165) is 20.6 Å². The van der Waals surface area contributed by atoms with Gasteiger partial charge in [0.25, 0.3) is 0 Å². The molecule has 0 aliphatic rings. The summed E-state index contributed by atoms with van der Waals surface area (Å²) < 4.78 is 1.14. The van der Waals surface area contributed by atoms with E-state index in [2.05, 4.69) is 46.4 Å². The van der Waals surface area contributed by atoms with Gasteiger partial charge in [-0.2, -0.15) is 0 Å². The number of rotatable bonds is 3. The molecular formula is C14H15BrClNS. The molecule has 0 saturated carbocycles. The highest BCUT2D eigenvalue weighted by molar-refractivity contribution is 9.10. The van der Waals surface area contributed by atoms with E-state index < -0.39 is 0 Å². The Morgan fingerprint density at radius 2 is 2.06 bits per heavy atom. The molecule has 2 aromatic rings. The number of halogens is 2. The lowest BCUT2D eigenvalue weighted by Crippen LogP contribution is -2.17. The van der Waals surface area contributed by atoms with Gasteiger partial charge in [0.2, 0.25) is 0 Å². The van der Waals surface area contributed by atoms with E-state index in [0.29, 0.717) is 0 Å². The fourth-order valence-electron chi connectivity index (χ4n) is 2.02. The molecule has 0 aliphatic heterocycles. The molecule has 0 bridgehead atoms. The maximum atomic E-state index is 6.43. The lowest BCUT2D eigenvalue weighted by atomic mass is 10.0. The zero-order chi connectivity index (χ0) is 13.3. The molecule has 0 aliphatic carbocycles. The molecule has 0 radical (unpaired) electrons. The van der Waals surface area contributed by atoms with Gasteiger partial charge in [0.1, 0.15) is 0 Å². The number of benzene rings is 1. The lowest BCUT2D eigenvalue weighted by molar-refractivity contribution is 0.701. The fourth-order valence-corrected chi connectivity index (χ4v) is 4.26. The number of hydrogen-bond acceptors (Lipinski definition) is 2. The van der Waals surface area contributed by atoms with Crippen molar-refractivity contribution in [2.45, 2.75) is 19.9 Å². The normalized spacial score (nSPS) is 12.7. The van der Waals surface area contributed by atoms with Crippen molar-refractivity contribution >= 4 is 38.9 Å². The zero-order valence-corrected chi connectivity index (χ0v) is 13.7. The molecule has 1 aromatic heterocycles. The lowest BCUT2D eigenvalue weighted by Gasteiger charge is -2.18. The number of hydrogen-bond donors (Lipinski definition) is 1. The first-order chi connectivity index (χ1) is 8.54. The van der Waals surface area contributed by atoms with Crippen LogP contribution in [0.4, 0.5) is 0 Å². The summed E-state index contributed by atoms with van der Waals surface area (Å²) in [6.45, 7) is 4.15. The second-order valence-corrected chi connectivity index (χ2v) is 6.79. The van der Waals surface area contributed by atoms with Crippen LogP contribution in [0.5, 0.6) is 0 Å². The molecule has 2 rings (SSSR count).